The Hall–Kier alpha value is -2.11. The summed E-state index contributed by atoms with van der Waals surface area (Å²) < 4.78 is 5.21. The predicted octanol–water partition coefficient (Wildman–Crippen LogP) is 1.95. The molecule has 0 aromatic carbocycles. The van der Waals surface area contributed by atoms with Crippen LogP contribution in [0.3, 0.4) is 0 Å². The number of nitrogens with one attached hydrogen (secondary N) is 1. The van der Waals surface area contributed by atoms with Gasteiger partial charge in [-0.25, -0.2) is 4.79 Å². The van der Waals surface area contributed by atoms with Gasteiger partial charge in [0.1, 0.15) is 5.60 Å². The van der Waals surface area contributed by atoms with Crippen LogP contribution in [0.1, 0.15) is 32.9 Å². The highest BCUT2D eigenvalue weighted by Crippen LogP contribution is 2.09. The van der Waals surface area contributed by atoms with Crippen molar-refractivity contribution in [1.82, 2.24) is 15.2 Å². The van der Waals surface area contributed by atoms with Gasteiger partial charge in [-0.1, -0.05) is 6.07 Å². The van der Waals surface area contributed by atoms with Gasteiger partial charge in [0.15, 0.2) is 0 Å². The summed E-state index contributed by atoms with van der Waals surface area (Å²) in [6.45, 7) is 6.10. The molecule has 0 spiro atoms. The average Bonchev–Trinajstić information content (AvgIpc) is 2.41. The fraction of sp³-hybridized carbons (Fsp3) is 0.533. The van der Waals surface area contributed by atoms with Gasteiger partial charge in [0.25, 0.3) is 0 Å². The molecule has 0 aliphatic heterocycles. The first-order chi connectivity index (χ1) is 9.78. The highest BCUT2D eigenvalue weighted by molar-refractivity contribution is 5.77. The van der Waals surface area contributed by atoms with Gasteiger partial charge in [0.2, 0.25) is 5.91 Å². The number of pyridine rings is 1. The second-order valence-corrected chi connectivity index (χ2v) is 5.75. The summed E-state index contributed by atoms with van der Waals surface area (Å²) in [4.78, 5) is 28.9. The molecule has 6 nitrogen and oxygen atoms in total. The molecule has 0 aliphatic rings. The van der Waals surface area contributed by atoms with E-state index in [0.717, 1.165) is 5.69 Å². The first-order valence-electron chi connectivity index (χ1n) is 6.88. The molecule has 0 radical (unpaired) electrons. The highest BCUT2D eigenvalue weighted by Gasteiger charge is 2.19. The van der Waals surface area contributed by atoms with E-state index < -0.39 is 11.7 Å². The summed E-state index contributed by atoms with van der Waals surface area (Å²) in [5.74, 6) is -0.129. The molecule has 0 atom stereocenters. The molecule has 0 aliphatic carbocycles. The molecule has 0 saturated heterocycles. The van der Waals surface area contributed by atoms with Gasteiger partial charge >= 0.3 is 6.09 Å². The Kier molecular flexibility index (Phi) is 6.14. The maximum Gasteiger partial charge on any atom is 0.410 e. The number of hydrogen-bond donors (Lipinski definition) is 1. The minimum Gasteiger partial charge on any atom is -0.444 e. The lowest BCUT2D eigenvalue weighted by Crippen LogP contribution is -2.36. The van der Waals surface area contributed by atoms with Gasteiger partial charge in [-0.05, 0) is 32.9 Å². The molecule has 1 aromatic rings. The summed E-state index contributed by atoms with van der Waals surface area (Å²) in [7, 11) is 1.61. The van der Waals surface area contributed by atoms with Crippen LogP contribution in [0.2, 0.25) is 0 Å². The Morgan fingerprint density at radius 3 is 2.62 bits per heavy atom. The molecular formula is C15H23N3O3. The third-order valence-corrected chi connectivity index (χ3v) is 2.57. The van der Waals surface area contributed by atoms with Crippen LogP contribution in [0, 0.1) is 0 Å². The fourth-order valence-electron chi connectivity index (χ4n) is 1.48. The van der Waals surface area contributed by atoms with Crippen molar-refractivity contribution >= 4 is 12.0 Å². The number of nitrogens with zero attached hydrogens (tertiary/aromatic N) is 2. The van der Waals surface area contributed by atoms with E-state index in [2.05, 4.69) is 10.3 Å². The topological polar surface area (TPSA) is 71.5 Å². The summed E-state index contributed by atoms with van der Waals surface area (Å²) in [6.07, 6.45) is 1.47. The molecule has 116 valence electrons. The molecular weight excluding hydrogens is 270 g/mol. The Labute approximate surface area is 125 Å². The van der Waals surface area contributed by atoms with E-state index in [1.807, 2.05) is 18.2 Å². The molecule has 1 N–H and O–H groups in total. The summed E-state index contributed by atoms with van der Waals surface area (Å²) in [6, 6.07) is 5.53. The molecule has 21 heavy (non-hydrogen) atoms. The van der Waals surface area contributed by atoms with Gasteiger partial charge in [0, 0.05) is 26.2 Å². The zero-order valence-corrected chi connectivity index (χ0v) is 13.0. The van der Waals surface area contributed by atoms with Gasteiger partial charge in [-0.2, -0.15) is 0 Å². The van der Waals surface area contributed by atoms with Crippen LogP contribution < -0.4 is 5.32 Å². The van der Waals surface area contributed by atoms with E-state index in [9.17, 15) is 9.59 Å². The van der Waals surface area contributed by atoms with Crippen LogP contribution in [0.25, 0.3) is 0 Å². The molecule has 1 aromatic heterocycles. The van der Waals surface area contributed by atoms with Crippen molar-refractivity contribution in [2.24, 2.45) is 0 Å². The van der Waals surface area contributed by atoms with E-state index >= 15 is 0 Å². The van der Waals surface area contributed by atoms with Crippen LogP contribution in [-0.4, -0.2) is 41.1 Å². The minimum atomic E-state index is -0.535. The molecule has 1 heterocycles. The third kappa shape index (κ3) is 7.29. The number of amides is 2. The Morgan fingerprint density at radius 1 is 1.33 bits per heavy atom. The number of ether oxygens (including phenoxy) is 1. The summed E-state index contributed by atoms with van der Waals surface area (Å²) in [5, 5.41) is 2.76. The normalized spacial score (nSPS) is 10.9. The molecule has 0 unspecified atom stereocenters. The lowest BCUT2D eigenvalue weighted by Gasteiger charge is -2.24. The molecule has 0 fully saturated rings. The zero-order valence-electron chi connectivity index (χ0n) is 13.0. The van der Waals surface area contributed by atoms with Crippen LogP contribution in [0.5, 0.6) is 0 Å². The number of aromatic nitrogens is 1. The first-order valence-corrected chi connectivity index (χ1v) is 6.88. The van der Waals surface area contributed by atoms with Crippen LogP contribution >= 0.6 is 0 Å². The van der Waals surface area contributed by atoms with E-state index in [0.29, 0.717) is 13.1 Å². The summed E-state index contributed by atoms with van der Waals surface area (Å²) >= 11 is 0. The SMILES string of the molecule is CN(CCC(=O)NCc1ccccn1)C(=O)OC(C)(C)C. The van der Waals surface area contributed by atoms with Gasteiger partial charge in [-0.15, -0.1) is 0 Å². The third-order valence-electron chi connectivity index (χ3n) is 2.57. The Bertz CT molecular complexity index is 469. The smallest absolute Gasteiger partial charge is 0.410 e. The number of rotatable bonds is 5. The van der Waals surface area contributed by atoms with E-state index in [1.54, 1.807) is 34.0 Å². The van der Waals surface area contributed by atoms with Crippen molar-refractivity contribution in [3.05, 3.63) is 30.1 Å². The maximum absolute atomic E-state index is 11.7. The molecule has 1 rings (SSSR count). The van der Waals surface area contributed by atoms with Crippen molar-refractivity contribution in [2.45, 2.75) is 39.3 Å². The fourth-order valence-corrected chi connectivity index (χ4v) is 1.48. The van der Waals surface area contributed by atoms with Crippen LogP contribution in [0.15, 0.2) is 24.4 Å². The van der Waals surface area contributed by atoms with Crippen molar-refractivity contribution in [3.63, 3.8) is 0 Å². The number of hydrogen-bond acceptors (Lipinski definition) is 4. The average molecular weight is 293 g/mol. The summed E-state index contributed by atoms with van der Waals surface area (Å²) in [5.41, 5.74) is 0.262. The minimum absolute atomic E-state index is 0.129. The highest BCUT2D eigenvalue weighted by atomic mass is 16.6. The molecule has 2 amide bonds. The molecule has 0 saturated carbocycles. The van der Waals surface area contributed by atoms with Gasteiger partial charge in [0.05, 0.1) is 12.2 Å². The molecule has 0 bridgehead atoms. The Balaban J connectivity index is 2.28. The second kappa shape index (κ2) is 7.61. The lowest BCUT2D eigenvalue weighted by molar-refractivity contribution is -0.121. The second-order valence-electron chi connectivity index (χ2n) is 5.75. The van der Waals surface area contributed by atoms with Crippen molar-refractivity contribution in [1.29, 1.82) is 0 Å². The quantitative estimate of drug-likeness (QED) is 0.900. The van der Waals surface area contributed by atoms with Crippen LogP contribution in [-0.2, 0) is 16.1 Å². The van der Waals surface area contributed by atoms with Crippen molar-refractivity contribution in [3.8, 4) is 0 Å². The first kappa shape index (κ1) is 16.9. The molecule has 6 heteroatoms. The van der Waals surface area contributed by atoms with E-state index in [4.69, 9.17) is 4.74 Å². The lowest BCUT2D eigenvalue weighted by atomic mass is 10.2. The standard InChI is InChI=1S/C15H23N3O3/c1-15(2,3)21-14(20)18(4)10-8-13(19)17-11-12-7-5-6-9-16-12/h5-7,9H,8,10-11H2,1-4H3,(H,17,19). The van der Waals surface area contributed by atoms with Crippen LogP contribution in [0.4, 0.5) is 4.79 Å². The van der Waals surface area contributed by atoms with E-state index in [-0.39, 0.29) is 12.3 Å². The van der Waals surface area contributed by atoms with Crippen molar-refractivity contribution in [2.75, 3.05) is 13.6 Å². The maximum atomic E-state index is 11.7. The number of carbonyl (C=O) groups excluding carboxylic acids is 2. The predicted molar refractivity (Wildman–Crippen MR) is 79.6 cm³/mol. The number of carbonyl (C=O) groups is 2. The Morgan fingerprint density at radius 2 is 2.05 bits per heavy atom. The zero-order chi connectivity index (χ0) is 15.9. The van der Waals surface area contributed by atoms with Crippen molar-refractivity contribution < 1.29 is 14.3 Å². The van der Waals surface area contributed by atoms with E-state index in [1.165, 1.54) is 4.90 Å². The van der Waals surface area contributed by atoms with Gasteiger partial charge in [-0.3, -0.25) is 9.78 Å². The largest absolute Gasteiger partial charge is 0.444 e. The monoisotopic (exact) mass is 293 g/mol. The van der Waals surface area contributed by atoms with Gasteiger partial charge < -0.3 is 15.0 Å².